The van der Waals surface area contributed by atoms with Gasteiger partial charge in [-0.2, -0.15) is 0 Å². The monoisotopic (exact) mass is 327 g/mol. The molecular formula is C13H14ClN3O3S. The maximum Gasteiger partial charge on any atom is 0.162 e. The molecule has 0 N–H and O–H groups in total. The number of hydrogen-bond donors (Lipinski definition) is 0. The lowest BCUT2D eigenvalue weighted by Gasteiger charge is -2.19. The van der Waals surface area contributed by atoms with E-state index in [2.05, 4.69) is 10.2 Å². The Hall–Kier alpha value is -1.60. The van der Waals surface area contributed by atoms with E-state index in [4.69, 9.17) is 21.1 Å². The average Bonchev–Trinajstić information content (AvgIpc) is 2.78. The molecule has 8 heteroatoms. The second-order valence-corrected chi connectivity index (χ2v) is 6.47. The van der Waals surface area contributed by atoms with E-state index in [0.29, 0.717) is 40.5 Å². The topological polar surface area (TPSA) is 66.2 Å². The summed E-state index contributed by atoms with van der Waals surface area (Å²) in [4.78, 5) is 0.515. The second kappa shape index (κ2) is 5.65. The fraction of sp³-hybridized carbons (Fsp3) is 0.385. The van der Waals surface area contributed by atoms with Crippen LogP contribution in [0.3, 0.4) is 0 Å². The van der Waals surface area contributed by atoms with Crippen molar-refractivity contribution in [2.24, 2.45) is 7.05 Å². The van der Waals surface area contributed by atoms with Gasteiger partial charge in [0.2, 0.25) is 0 Å². The number of aromatic nitrogens is 3. The normalized spacial score (nSPS) is 15.0. The predicted molar refractivity (Wildman–Crippen MR) is 78.3 cm³/mol. The fourth-order valence-corrected chi connectivity index (χ4v) is 3.56. The lowest BCUT2D eigenvalue weighted by atomic mass is 10.3. The first kappa shape index (κ1) is 14.3. The van der Waals surface area contributed by atoms with E-state index < -0.39 is 10.8 Å². The largest absolute Gasteiger partial charge is 0.486 e. The van der Waals surface area contributed by atoms with Crippen LogP contribution in [0.1, 0.15) is 11.6 Å². The Bertz CT molecular complexity index is 717. The van der Waals surface area contributed by atoms with Crippen molar-refractivity contribution in [1.29, 1.82) is 0 Å². The molecule has 0 saturated heterocycles. The van der Waals surface area contributed by atoms with Gasteiger partial charge in [0.1, 0.15) is 24.9 Å². The van der Waals surface area contributed by atoms with Crippen molar-refractivity contribution >= 4 is 22.4 Å². The van der Waals surface area contributed by atoms with E-state index in [1.165, 1.54) is 0 Å². The van der Waals surface area contributed by atoms with Crippen LogP contribution in [0.25, 0.3) is 0 Å². The lowest BCUT2D eigenvalue weighted by molar-refractivity contribution is 0.171. The smallest absolute Gasteiger partial charge is 0.162 e. The highest BCUT2D eigenvalue weighted by molar-refractivity contribution is 7.84. The number of benzene rings is 1. The summed E-state index contributed by atoms with van der Waals surface area (Å²) in [7, 11) is 0.509. The molecule has 6 nitrogen and oxygen atoms in total. The molecule has 1 aliphatic rings. The molecule has 2 aromatic rings. The van der Waals surface area contributed by atoms with Crippen molar-refractivity contribution in [3.8, 4) is 11.5 Å². The highest BCUT2D eigenvalue weighted by atomic mass is 35.5. The molecule has 0 fully saturated rings. The first-order valence-corrected chi connectivity index (χ1v) is 8.08. The lowest BCUT2D eigenvalue weighted by Crippen LogP contribution is -2.15. The summed E-state index contributed by atoms with van der Waals surface area (Å²) in [6.45, 7) is 2.81. The molecule has 0 bridgehead atoms. The van der Waals surface area contributed by atoms with Gasteiger partial charge in [0.05, 0.1) is 26.5 Å². The van der Waals surface area contributed by atoms with E-state index in [1.54, 1.807) is 12.1 Å². The molecule has 1 unspecified atom stereocenters. The summed E-state index contributed by atoms with van der Waals surface area (Å²) in [5.74, 6) is 2.83. The zero-order valence-corrected chi connectivity index (χ0v) is 13.2. The van der Waals surface area contributed by atoms with Crippen molar-refractivity contribution in [3.05, 3.63) is 28.8 Å². The SMILES string of the molecule is Cc1nnc(CS(=O)c2cc3c(cc2Cl)OCCO3)n1C. The van der Waals surface area contributed by atoms with Gasteiger partial charge in [-0.15, -0.1) is 10.2 Å². The summed E-state index contributed by atoms with van der Waals surface area (Å²) >= 11 is 6.20. The Labute approximate surface area is 129 Å². The summed E-state index contributed by atoms with van der Waals surface area (Å²) in [5, 5.41) is 8.37. The van der Waals surface area contributed by atoms with Crippen LogP contribution in [-0.4, -0.2) is 32.2 Å². The minimum atomic E-state index is -1.33. The van der Waals surface area contributed by atoms with E-state index in [1.807, 2.05) is 18.5 Å². The van der Waals surface area contributed by atoms with Crippen LogP contribution >= 0.6 is 11.6 Å². The number of ether oxygens (including phenoxy) is 2. The maximum absolute atomic E-state index is 12.5. The highest BCUT2D eigenvalue weighted by Crippen LogP contribution is 2.37. The van der Waals surface area contributed by atoms with Gasteiger partial charge in [0.25, 0.3) is 0 Å². The van der Waals surface area contributed by atoms with Crippen molar-refractivity contribution in [2.45, 2.75) is 17.6 Å². The number of fused-ring (bicyclic) bond motifs is 1. The molecule has 112 valence electrons. The Balaban J connectivity index is 1.89. The summed E-state index contributed by atoms with van der Waals surface area (Å²) < 4.78 is 25.3. The third-order valence-electron chi connectivity index (χ3n) is 3.28. The standard InChI is InChI=1S/C13H14ClN3O3S/c1-8-15-16-13(17(8)2)7-21(18)12-6-11-10(5-9(12)14)19-3-4-20-11/h5-6H,3-4,7H2,1-2H3. The van der Waals surface area contributed by atoms with Gasteiger partial charge in [-0.25, -0.2) is 0 Å². The van der Waals surface area contributed by atoms with Crippen molar-refractivity contribution in [1.82, 2.24) is 14.8 Å². The molecule has 0 amide bonds. The van der Waals surface area contributed by atoms with E-state index in [0.717, 1.165) is 5.82 Å². The van der Waals surface area contributed by atoms with Crippen LogP contribution in [0, 0.1) is 6.92 Å². The summed E-state index contributed by atoms with van der Waals surface area (Å²) in [6.07, 6.45) is 0. The van der Waals surface area contributed by atoms with Crippen LogP contribution in [0.4, 0.5) is 0 Å². The molecular weight excluding hydrogens is 314 g/mol. The molecule has 1 aliphatic heterocycles. The minimum Gasteiger partial charge on any atom is -0.486 e. The second-order valence-electron chi connectivity index (χ2n) is 4.64. The first-order valence-electron chi connectivity index (χ1n) is 6.38. The van der Waals surface area contributed by atoms with Crippen LogP contribution in [0.5, 0.6) is 11.5 Å². The number of halogens is 1. The van der Waals surface area contributed by atoms with Crippen molar-refractivity contribution in [2.75, 3.05) is 13.2 Å². The van der Waals surface area contributed by atoms with Crippen molar-refractivity contribution in [3.63, 3.8) is 0 Å². The van der Waals surface area contributed by atoms with Crippen LogP contribution < -0.4 is 9.47 Å². The first-order chi connectivity index (χ1) is 10.1. The molecule has 3 rings (SSSR count). The zero-order chi connectivity index (χ0) is 15.0. The van der Waals surface area contributed by atoms with E-state index in [-0.39, 0.29) is 5.75 Å². The number of rotatable bonds is 3. The molecule has 1 aromatic heterocycles. The Kier molecular flexibility index (Phi) is 3.86. The average molecular weight is 328 g/mol. The molecule has 1 atom stereocenters. The fourth-order valence-electron chi connectivity index (χ4n) is 1.99. The predicted octanol–water partition coefficient (Wildman–Crippen LogP) is 1.86. The van der Waals surface area contributed by atoms with Crippen molar-refractivity contribution < 1.29 is 13.7 Å². The molecule has 21 heavy (non-hydrogen) atoms. The van der Waals surface area contributed by atoms with Gasteiger partial charge in [-0.1, -0.05) is 11.6 Å². The van der Waals surface area contributed by atoms with Crippen LogP contribution in [-0.2, 0) is 23.6 Å². The van der Waals surface area contributed by atoms with E-state index >= 15 is 0 Å². The number of aryl methyl sites for hydroxylation is 1. The van der Waals surface area contributed by atoms with Crippen LogP contribution in [0.2, 0.25) is 5.02 Å². The molecule has 0 saturated carbocycles. The summed E-state index contributed by atoms with van der Waals surface area (Å²) in [6, 6.07) is 3.32. The summed E-state index contributed by atoms with van der Waals surface area (Å²) in [5.41, 5.74) is 0. The molecule has 0 aliphatic carbocycles. The van der Waals surface area contributed by atoms with Gasteiger partial charge in [0.15, 0.2) is 11.5 Å². The van der Waals surface area contributed by atoms with Crippen LogP contribution in [0.15, 0.2) is 17.0 Å². The Morgan fingerprint density at radius 2 is 1.95 bits per heavy atom. The van der Waals surface area contributed by atoms with Gasteiger partial charge in [0, 0.05) is 19.2 Å². The van der Waals surface area contributed by atoms with Gasteiger partial charge in [-0.3, -0.25) is 4.21 Å². The number of hydrogen-bond acceptors (Lipinski definition) is 5. The van der Waals surface area contributed by atoms with Gasteiger partial charge >= 0.3 is 0 Å². The third-order valence-corrected chi connectivity index (χ3v) is 5.06. The van der Waals surface area contributed by atoms with E-state index in [9.17, 15) is 4.21 Å². The number of nitrogens with zero attached hydrogens (tertiary/aromatic N) is 3. The van der Waals surface area contributed by atoms with Gasteiger partial charge in [-0.05, 0) is 6.92 Å². The molecule has 1 aromatic carbocycles. The minimum absolute atomic E-state index is 0.247. The van der Waals surface area contributed by atoms with Gasteiger partial charge < -0.3 is 14.0 Å². The Morgan fingerprint density at radius 3 is 2.57 bits per heavy atom. The third kappa shape index (κ3) is 2.75. The molecule has 2 heterocycles. The quantitative estimate of drug-likeness (QED) is 0.860. The molecule has 0 spiro atoms. The zero-order valence-electron chi connectivity index (χ0n) is 11.6. The molecule has 0 radical (unpaired) electrons. The highest BCUT2D eigenvalue weighted by Gasteiger charge is 2.19. The Morgan fingerprint density at radius 1 is 1.29 bits per heavy atom. The maximum atomic E-state index is 12.5.